The molecule has 8 nitrogen and oxygen atoms in total. The largest absolute Gasteiger partial charge is 0.376 e. The Labute approximate surface area is 159 Å². The summed E-state index contributed by atoms with van der Waals surface area (Å²) in [5, 5.41) is 6.89. The normalized spacial score (nSPS) is 17.1. The number of benzene rings is 1. The van der Waals surface area contributed by atoms with Crippen LogP contribution in [0.4, 0.5) is 5.82 Å². The van der Waals surface area contributed by atoms with E-state index in [-0.39, 0.29) is 28.3 Å². The van der Waals surface area contributed by atoms with Crippen LogP contribution in [0.1, 0.15) is 28.8 Å². The zero-order chi connectivity index (χ0) is 19.6. The summed E-state index contributed by atoms with van der Waals surface area (Å²) in [6, 6.07) is 6.57. The molecule has 1 aromatic heterocycles. The number of sulfonamides is 1. The Bertz CT molecular complexity index is 915. The zero-order valence-corrected chi connectivity index (χ0v) is 16.5. The highest BCUT2D eigenvalue weighted by Gasteiger charge is 2.29. The maximum absolute atomic E-state index is 13.0. The summed E-state index contributed by atoms with van der Waals surface area (Å²) in [5.41, 5.74) is 1.17. The molecule has 1 aliphatic rings. The number of ether oxygens (including phenoxy) is 1. The highest BCUT2D eigenvalue weighted by atomic mass is 32.2. The molecule has 0 aliphatic carbocycles. The number of nitrogens with zero attached hydrogens (tertiary/aromatic N) is 3. The van der Waals surface area contributed by atoms with Gasteiger partial charge >= 0.3 is 0 Å². The van der Waals surface area contributed by atoms with Gasteiger partial charge in [-0.15, -0.1) is 0 Å². The molecule has 1 atom stereocenters. The number of anilines is 1. The minimum Gasteiger partial charge on any atom is -0.376 e. The fourth-order valence-electron chi connectivity index (χ4n) is 3.05. The van der Waals surface area contributed by atoms with Gasteiger partial charge in [0.2, 0.25) is 0 Å². The smallest absolute Gasteiger partial charge is 0.265 e. The van der Waals surface area contributed by atoms with E-state index in [1.54, 1.807) is 31.3 Å². The first-order chi connectivity index (χ1) is 12.8. The minimum atomic E-state index is -3.82. The number of hydrogen-bond acceptors (Lipinski definition) is 5. The molecular weight excluding hydrogens is 368 g/mol. The third kappa shape index (κ3) is 3.98. The molecule has 1 N–H and O–H groups in total. The van der Waals surface area contributed by atoms with Crippen LogP contribution in [0.2, 0.25) is 0 Å². The zero-order valence-electron chi connectivity index (χ0n) is 15.7. The molecule has 2 heterocycles. The van der Waals surface area contributed by atoms with E-state index in [0.29, 0.717) is 13.2 Å². The summed E-state index contributed by atoms with van der Waals surface area (Å²) in [5.74, 6) is -0.167. The molecule has 1 amide bonds. The summed E-state index contributed by atoms with van der Waals surface area (Å²) in [4.78, 5) is 12.8. The van der Waals surface area contributed by atoms with Gasteiger partial charge in [0, 0.05) is 27.2 Å². The average molecular weight is 392 g/mol. The third-order valence-electron chi connectivity index (χ3n) is 4.64. The average Bonchev–Trinajstić information content (AvgIpc) is 3.29. The lowest BCUT2D eigenvalue weighted by Crippen LogP contribution is -2.34. The topological polar surface area (TPSA) is 93.5 Å². The second-order valence-corrected chi connectivity index (χ2v) is 8.61. The van der Waals surface area contributed by atoms with E-state index >= 15 is 0 Å². The summed E-state index contributed by atoms with van der Waals surface area (Å²) in [6.07, 6.45) is 3.27. The van der Waals surface area contributed by atoms with Gasteiger partial charge < -0.3 is 10.1 Å². The second-order valence-electron chi connectivity index (χ2n) is 6.64. The lowest BCUT2D eigenvalue weighted by Gasteiger charge is -2.21. The predicted octanol–water partition coefficient (Wildman–Crippen LogP) is 1.46. The first-order valence-corrected chi connectivity index (χ1v) is 10.2. The molecule has 27 heavy (non-hydrogen) atoms. The van der Waals surface area contributed by atoms with Crippen molar-refractivity contribution in [3.8, 4) is 0 Å². The summed E-state index contributed by atoms with van der Waals surface area (Å²) < 4.78 is 33.9. The van der Waals surface area contributed by atoms with Crippen molar-refractivity contribution in [1.29, 1.82) is 0 Å². The number of carbonyl (C=O) groups excluding carboxylic acids is 1. The van der Waals surface area contributed by atoms with Gasteiger partial charge in [0.25, 0.3) is 15.9 Å². The Kier molecular flexibility index (Phi) is 5.52. The van der Waals surface area contributed by atoms with E-state index in [1.807, 2.05) is 6.92 Å². The molecule has 9 heteroatoms. The van der Waals surface area contributed by atoms with Gasteiger partial charge in [-0.05, 0) is 31.9 Å². The Balaban J connectivity index is 1.84. The first kappa shape index (κ1) is 19.4. The first-order valence-electron chi connectivity index (χ1n) is 8.78. The third-order valence-corrected chi connectivity index (χ3v) is 6.41. The number of rotatable bonds is 6. The van der Waals surface area contributed by atoms with Crippen molar-refractivity contribution in [3.63, 3.8) is 0 Å². The van der Waals surface area contributed by atoms with Crippen LogP contribution in [0.5, 0.6) is 0 Å². The van der Waals surface area contributed by atoms with Gasteiger partial charge in [-0.2, -0.15) is 5.10 Å². The second kappa shape index (κ2) is 7.69. The molecule has 1 aliphatic heterocycles. The SMILES string of the molecule is Cc1ccc(S(=O)(=O)N(C)c2c(C(=O)NCC3CCCO3)cnn2C)cc1. The van der Waals surface area contributed by atoms with Crippen LogP contribution < -0.4 is 9.62 Å². The van der Waals surface area contributed by atoms with Crippen LogP contribution >= 0.6 is 0 Å². The van der Waals surface area contributed by atoms with Crippen LogP contribution in [-0.4, -0.2) is 50.4 Å². The van der Waals surface area contributed by atoms with Crippen LogP contribution in [-0.2, 0) is 21.8 Å². The fraction of sp³-hybridized carbons (Fsp3) is 0.444. The molecule has 0 radical (unpaired) electrons. The van der Waals surface area contributed by atoms with E-state index in [0.717, 1.165) is 22.7 Å². The minimum absolute atomic E-state index is 0.00286. The highest BCUT2D eigenvalue weighted by molar-refractivity contribution is 7.92. The van der Waals surface area contributed by atoms with Crippen LogP contribution in [0.15, 0.2) is 35.4 Å². The van der Waals surface area contributed by atoms with Crippen molar-refractivity contribution in [3.05, 3.63) is 41.6 Å². The van der Waals surface area contributed by atoms with Crippen LogP contribution in [0.3, 0.4) is 0 Å². The predicted molar refractivity (Wildman–Crippen MR) is 101 cm³/mol. The van der Waals surface area contributed by atoms with Gasteiger partial charge in [0.05, 0.1) is 17.2 Å². The maximum atomic E-state index is 13.0. The number of carbonyl (C=O) groups is 1. The van der Waals surface area contributed by atoms with Crippen LogP contribution in [0, 0.1) is 6.92 Å². The standard InChI is InChI=1S/C18H24N4O4S/c1-13-6-8-15(9-7-13)27(24,25)22(3)18-16(12-20-21(18)2)17(23)19-11-14-5-4-10-26-14/h6-9,12,14H,4-5,10-11H2,1-3H3,(H,19,23). The van der Waals surface area contributed by atoms with E-state index in [9.17, 15) is 13.2 Å². The lowest BCUT2D eigenvalue weighted by atomic mass is 10.2. The van der Waals surface area contributed by atoms with Gasteiger partial charge in [-0.3, -0.25) is 13.8 Å². The van der Waals surface area contributed by atoms with E-state index in [1.165, 1.54) is 17.9 Å². The molecule has 146 valence electrons. The number of aromatic nitrogens is 2. The molecule has 0 bridgehead atoms. The molecule has 1 fully saturated rings. The molecule has 1 unspecified atom stereocenters. The van der Waals surface area contributed by atoms with Crippen molar-refractivity contribution in [2.24, 2.45) is 7.05 Å². The molecule has 3 rings (SSSR count). The van der Waals surface area contributed by atoms with Crippen molar-refractivity contribution < 1.29 is 17.9 Å². The van der Waals surface area contributed by atoms with E-state index < -0.39 is 10.0 Å². The van der Waals surface area contributed by atoms with Gasteiger partial charge in [0.1, 0.15) is 5.56 Å². The van der Waals surface area contributed by atoms with Crippen LogP contribution in [0.25, 0.3) is 0 Å². The quantitative estimate of drug-likeness (QED) is 0.803. The number of hydrogen-bond donors (Lipinski definition) is 1. The molecular formula is C18H24N4O4S. The summed E-state index contributed by atoms with van der Waals surface area (Å²) in [6.45, 7) is 2.98. The molecule has 0 spiro atoms. The Morgan fingerprint density at radius 2 is 2.07 bits per heavy atom. The van der Waals surface area contributed by atoms with E-state index in [4.69, 9.17) is 4.74 Å². The fourth-order valence-corrected chi connectivity index (χ4v) is 4.29. The van der Waals surface area contributed by atoms with Gasteiger partial charge in [-0.1, -0.05) is 17.7 Å². The van der Waals surface area contributed by atoms with E-state index in [2.05, 4.69) is 10.4 Å². The van der Waals surface area contributed by atoms with Crippen molar-refractivity contribution in [2.45, 2.75) is 30.8 Å². The molecule has 1 aromatic carbocycles. The van der Waals surface area contributed by atoms with Gasteiger partial charge in [-0.25, -0.2) is 8.42 Å². The van der Waals surface area contributed by atoms with Crippen molar-refractivity contribution in [2.75, 3.05) is 24.5 Å². The molecule has 0 saturated carbocycles. The number of nitrogens with one attached hydrogen (secondary N) is 1. The molecule has 1 saturated heterocycles. The molecule has 2 aromatic rings. The highest BCUT2D eigenvalue weighted by Crippen LogP contribution is 2.25. The Morgan fingerprint density at radius 3 is 2.70 bits per heavy atom. The van der Waals surface area contributed by atoms with Crippen molar-refractivity contribution in [1.82, 2.24) is 15.1 Å². The maximum Gasteiger partial charge on any atom is 0.265 e. The Hall–Kier alpha value is -2.39. The summed E-state index contributed by atoms with van der Waals surface area (Å²) >= 11 is 0. The Morgan fingerprint density at radius 1 is 1.37 bits per heavy atom. The lowest BCUT2D eigenvalue weighted by molar-refractivity contribution is 0.0858. The van der Waals surface area contributed by atoms with Crippen molar-refractivity contribution >= 4 is 21.7 Å². The van der Waals surface area contributed by atoms with Gasteiger partial charge in [0.15, 0.2) is 5.82 Å². The monoisotopic (exact) mass is 392 g/mol. The number of amides is 1. The summed E-state index contributed by atoms with van der Waals surface area (Å²) in [7, 11) is -0.796. The number of aryl methyl sites for hydroxylation is 2.